The number of nitrogens with zero attached hydrogens (tertiary/aromatic N) is 1. The molecule has 0 fully saturated rings. The monoisotopic (exact) mass is 381 g/mol. The van der Waals surface area contributed by atoms with Crippen molar-refractivity contribution in [1.29, 1.82) is 0 Å². The van der Waals surface area contributed by atoms with Crippen LogP contribution in [0.2, 0.25) is 0 Å². The van der Waals surface area contributed by atoms with Crippen LogP contribution >= 0.6 is 0 Å². The van der Waals surface area contributed by atoms with Crippen LogP contribution in [0, 0.1) is 0 Å². The maximum atomic E-state index is 12.3. The predicted molar refractivity (Wildman–Crippen MR) is 90.9 cm³/mol. The van der Waals surface area contributed by atoms with Crippen LogP contribution < -0.4 is 4.74 Å². The van der Waals surface area contributed by atoms with Crippen molar-refractivity contribution in [3.63, 3.8) is 0 Å². The first-order valence-corrected chi connectivity index (χ1v) is 8.01. The summed E-state index contributed by atoms with van der Waals surface area (Å²) in [6.45, 7) is 1.79. The summed E-state index contributed by atoms with van der Waals surface area (Å²) in [6, 6.07) is 13.6. The predicted octanol–water partition coefficient (Wildman–Crippen LogP) is 3.79. The molecule has 2 aromatic rings. The third kappa shape index (κ3) is 6.32. The molecular formula is C19H18F3NO4. The van der Waals surface area contributed by atoms with E-state index in [9.17, 15) is 22.8 Å². The minimum atomic E-state index is -4.81. The lowest BCUT2D eigenvalue weighted by Crippen LogP contribution is -2.37. The van der Waals surface area contributed by atoms with Gasteiger partial charge in [-0.05, 0) is 36.8 Å². The summed E-state index contributed by atoms with van der Waals surface area (Å²) in [4.78, 5) is 25.8. The molecule has 0 heterocycles. The van der Waals surface area contributed by atoms with Gasteiger partial charge in [0.15, 0.2) is 6.10 Å². The van der Waals surface area contributed by atoms with Crippen LogP contribution in [0.1, 0.15) is 22.8 Å². The van der Waals surface area contributed by atoms with E-state index in [0.29, 0.717) is 6.54 Å². The van der Waals surface area contributed by atoms with Crippen LogP contribution in [-0.4, -0.2) is 36.3 Å². The van der Waals surface area contributed by atoms with Gasteiger partial charge in [-0.25, -0.2) is 4.79 Å². The third-order valence-corrected chi connectivity index (χ3v) is 3.59. The molecule has 0 aliphatic carbocycles. The van der Waals surface area contributed by atoms with E-state index in [4.69, 9.17) is 4.74 Å². The molecule has 1 atom stereocenters. The van der Waals surface area contributed by atoms with Gasteiger partial charge in [-0.1, -0.05) is 30.3 Å². The highest BCUT2D eigenvalue weighted by molar-refractivity contribution is 5.92. The number of alkyl halides is 3. The van der Waals surface area contributed by atoms with Crippen molar-refractivity contribution in [2.75, 3.05) is 7.05 Å². The molecule has 144 valence electrons. The van der Waals surface area contributed by atoms with Gasteiger partial charge in [0.25, 0.3) is 5.91 Å². The Labute approximate surface area is 154 Å². The SMILES string of the molecule is CC(OC(=O)c1ccc(OC(F)(F)F)cc1)C(=O)N(C)Cc1ccccc1. The highest BCUT2D eigenvalue weighted by Crippen LogP contribution is 2.23. The van der Waals surface area contributed by atoms with Gasteiger partial charge in [0.1, 0.15) is 5.75 Å². The average Bonchev–Trinajstić information content (AvgIpc) is 2.61. The molecule has 0 saturated carbocycles. The minimum absolute atomic E-state index is 0.00915. The van der Waals surface area contributed by atoms with E-state index in [1.807, 2.05) is 30.3 Å². The van der Waals surface area contributed by atoms with Crippen LogP contribution in [0.4, 0.5) is 13.2 Å². The molecule has 1 unspecified atom stereocenters. The van der Waals surface area contributed by atoms with Gasteiger partial charge >= 0.3 is 12.3 Å². The first kappa shape index (κ1) is 20.3. The summed E-state index contributed by atoms with van der Waals surface area (Å²) < 4.78 is 45.2. The molecule has 5 nitrogen and oxygen atoms in total. The molecular weight excluding hydrogens is 363 g/mol. The molecule has 0 N–H and O–H groups in total. The van der Waals surface area contributed by atoms with Crippen LogP contribution in [0.5, 0.6) is 5.75 Å². The summed E-state index contributed by atoms with van der Waals surface area (Å²) in [5, 5.41) is 0. The first-order chi connectivity index (χ1) is 12.7. The lowest BCUT2D eigenvalue weighted by atomic mass is 10.2. The Morgan fingerprint density at radius 1 is 1.04 bits per heavy atom. The smallest absolute Gasteiger partial charge is 0.449 e. The van der Waals surface area contributed by atoms with E-state index in [1.54, 1.807) is 7.05 Å². The van der Waals surface area contributed by atoms with Gasteiger partial charge < -0.3 is 14.4 Å². The first-order valence-electron chi connectivity index (χ1n) is 8.01. The Morgan fingerprint density at radius 3 is 2.19 bits per heavy atom. The average molecular weight is 381 g/mol. The van der Waals surface area contributed by atoms with E-state index < -0.39 is 30.1 Å². The van der Waals surface area contributed by atoms with Crippen LogP contribution in [-0.2, 0) is 16.1 Å². The number of halogens is 3. The van der Waals surface area contributed by atoms with E-state index in [0.717, 1.165) is 29.8 Å². The maximum absolute atomic E-state index is 12.3. The molecule has 0 radical (unpaired) electrons. The zero-order chi connectivity index (χ0) is 20.0. The van der Waals surface area contributed by atoms with Crippen molar-refractivity contribution < 1.29 is 32.2 Å². The molecule has 1 amide bonds. The van der Waals surface area contributed by atoms with E-state index >= 15 is 0 Å². The third-order valence-electron chi connectivity index (χ3n) is 3.59. The van der Waals surface area contributed by atoms with Crippen molar-refractivity contribution in [3.8, 4) is 5.75 Å². The fourth-order valence-electron chi connectivity index (χ4n) is 2.32. The number of carbonyl (C=O) groups excluding carboxylic acids is 2. The number of benzene rings is 2. The fourth-order valence-corrected chi connectivity index (χ4v) is 2.32. The van der Waals surface area contributed by atoms with Crippen molar-refractivity contribution in [2.24, 2.45) is 0 Å². The van der Waals surface area contributed by atoms with Gasteiger partial charge in [-0.3, -0.25) is 4.79 Å². The normalized spacial score (nSPS) is 12.2. The molecule has 0 aromatic heterocycles. The number of hydrogen-bond donors (Lipinski definition) is 0. The van der Waals surface area contributed by atoms with Crippen LogP contribution in [0.15, 0.2) is 54.6 Å². The van der Waals surface area contributed by atoms with Crippen LogP contribution in [0.25, 0.3) is 0 Å². The van der Waals surface area contributed by atoms with Crippen molar-refractivity contribution in [3.05, 3.63) is 65.7 Å². The summed E-state index contributed by atoms with van der Waals surface area (Å²) in [5.74, 6) is -1.67. The Balaban J connectivity index is 1.93. The Morgan fingerprint density at radius 2 is 1.63 bits per heavy atom. The second-order valence-electron chi connectivity index (χ2n) is 5.80. The summed E-state index contributed by atoms with van der Waals surface area (Å²) >= 11 is 0. The van der Waals surface area contributed by atoms with Crippen molar-refractivity contribution >= 4 is 11.9 Å². The van der Waals surface area contributed by atoms with Gasteiger partial charge in [-0.2, -0.15) is 0 Å². The quantitative estimate of drug-likeness (QED) is 0.715. The Kier molecular flexibility index (Phi) is 6.44. The summed E-state index contributed by atoms with van der Waals surface area (Å²) in [7, 11) is 1.59. The molecule has 2 aromatic carbocycles. The molecule has 0 bridgehead atoms. The number of ether oxygens (including phenoxy) is 2. The van der Waals surface area contributed by atoms with E-state index in [2.05, 4.69) is 4.74 Å². The standard InChI is InChI=1S/C19H18F3NO4/c1-13(17(24)23(2)12-14-6-4-3-5-7-14)26-18(25)15-8-10-16(11-9-15)27-19(20,21)22/h3-11,13H,12H2,1-2H3. The second kappa shape index (κ2) is 8.57. The Hall–Kier alpha value is -3.03. The molecule has 0 aliphatic rings. The zero-order valence-electron chi connectivity index (χ0n) is 14.7. The summed E-state index contributed by atoms with van der Waals surface area (Å²) in [6.07, 6.45) is -5.86. The van der Waals surface area contributed by atoms with Gasteiger partial charge in [-0.15, -0.1) is 13.2 Å². The Bertz CT molecular complexity index is 776. The van der Waals surface area contributed by atoms with Gasteiger partial charge in [0.2, 0.25) is 0 Å². The molecule has 8 heteroatoms. The number of hydrogen-bond acceptors (Lipinski definition) is 4. The van der Waals surface area contributed by atoms with Crippen molar-refractivity contribution in [1.82, 2.24) is 4.90 Å². The van der Waals surface area contributed by atoms with Gasteiger partial charge in [0, 0.05) is 13.6 Å². The second-order valence-corrected chi connectivity index (χ2v) is 5.80. The highest BCUT2D eigenvalue weighted by Gasteiger charge is 2.31. The number of likely N-dealkylation sites (N-methyl/N-ethyl adjacent to an activating group) is 1. The number of rotatable bonds is 6. The molecule has 0 aliphatic heterocycles. The minimum Gasteiger partial charge on any atom is -0.449 e. The van der Waals surface area contributed by atoms with Gasteiger partial charge in [0.05, 0.1) is 5.56 Å². The number of carbonyl (C=O) groups is 2. The molecule has 27 heavy (non-hydrogen) atoms. The number of esters is 1. The molecule has 2 rings (SSSR count). The lowest BCUT2D eigenvalue weighted by molar-refractivity contribution is -0.274. The van der Waals surface area contributed by atoms with E-state index in [1.165, 1.54) is 11.8 Å². The van der Waals surface area contributed by atoms with Crippen LogP contribution in [0.3, 0.4) is 0 Å². The largest absolute Gasteiger partial charge is 0.573 e. The molecule has 0 saturated heterocycles. The highest BCUT2D eigenvalue weighted by atomic mass is 19.4. The number of amides is 1. The van der Waals surface area contributed by atoms with Crippen molar-refractivity contribution in [2.45, 2.75) is 25.9 Å². The molecule has 0 spiro atoms. The topological polar surface area (TPSA) is 55.8 Å². The zero-order valence-corrected chi connectivity index (χ0v) is 14.7. The maximum Gasteiger partial charge on any atom is 0.573 e. The fraction of sp³-hybridized carbons (Fsp3) is 0.263. The summed E-state index contributed by atoms with van der Waals surface area (Å²) in [5.41, 5.74) is 0.932. The lowest BCUT2D eigenvalue weighted by Gasteiger charge is -2.21. The van der Waals surface area contributed by atoms with E-state index in [-0.39, 0.29) is 5.56 Å².